The molecule has 0 amide bonds. The Morgan fingerprint density at radius 1 is 1.35 bits per heavy atom. The Morgan fingerprint density at radius 2 is 2.18 bits per heavy atom. The summed E-state index contributed by atoms with van der Waals surface area (Å²) in [5, 5.41) is 7.56. The van der Waals surface area contributed by atoms with Crippen LogP contribution in [0.5, 0.6) is 0 Å². The summed E-state index contributed by atoms with van der Waals surface area (Å²) in [5.74, 6) is 0. The van der Waals surface area contributed by atoms with Gasteiger partial charge in [-0.3, -0.25) is 0 Å². The highest BCUT2D eigenvalue weighted by atomic mass is 35.5. The molecule has 1 heterocycles. The SMILES string of the molecule is CCc1nc(CNc2cccc(Cl)c2Cl)cs1. The summed E-state index contributed by atoms with van der Waals surface area (Å²) in [4.78, 5) is 4.48. The van der Waals surface area contributed by atoms with Crippen LogP contribution in [0.15, 0.2) is 23.6 Å². The van der Waals surface area contributed by atoms with Gasteiger partial charge in [-0.2, -0.15) is 0 Å². The van der Waals surface area contributed by atoms with Crippen molar-refractivity contribution in [2.75, 3.05) is 5.32 Å². The van der Waals surface area contributed by atoms with E-state index in [4.69, 9.17) is 23.2 Å². The highest BCUT2D eigenvalue weighted by molar-refractivity contribution is 7.09. The molecule has 0 unspecified atom stereocenters. The highest BCUT2D eigenvalue weighted by Gasteiger charge is 2.05. The number of aromatic nitrogens is 1. The van der Waals surface area contributed by atoms with Crippen molar-refractivity contribution in [2.45, 2.75) is 19.9 Å². The molecule has 17 heavy (non-hydrogen) atoms. The summed E-state index contributed by atoms with van der Waals surface area (Å²) in [6, 6.07) is 5.55. The Hall–Kier alpha value is -0.770. The fourth-order valence-corrected chi connectivity index (χ4v) is 2.53. The van der Waals surface area contributed by atoms with Gasteiger partial charge in [0.05, 0.1) is 33.0 Å². The molecule has 0 aliphatic heterocycles. The first-order valence-corrected chi connectivity index (χ1v) is 6.95. The van der Waals surface area contributed by atoms with Gasteiger partial charge in [0.15, 0.2) is 0 Å². The number of nitrogens with zero attached hydrogens (tertiary/aromatic N) is 1. The molecule has 0 saturated heterocycles. The zero-order valence-electron chi connectivity index (χ0n) is 9.34. The van der Waals surface area contributed by atoms with Crippen LogP contribution >= 0.6 is 34.5 Å². The summed E-state index contributed by atoms with van der Waals surface area (Å²) in [5.41, 5.74) is 1.87. The molecule has 0 spiro atoms. The molecule has 90 valence electrons. The van der Waals surface area contributed by atoms with Gasteiger partial charge in [0.25, 0.3) is 0 Å². The molecule has 1 N–H and O–H groups in total. The molecule has 0 saturated carbocycles. The number of anilines is 1. The molecule has 5 heteroatoms. The van der Waals surface area contributed by atoms with Crippen LogP contribution in [0.25, 0.3) is 0 Å². The fraction of sp³-hybridized carbons (Fsp3) is 0.250. The Labute approximate surface area is 115 Å². The lowest BCUT2D eigenvalue weighted by atomic mass is 10.3. The Kier molecular flexibility index (Phi) is 4.26. The molecule has 1 aromatic heterocycles. The average Bonchev–Trinajstić information content (AvgIpc) is 2.79. The van der Waals surface area contributed by atoms with Crippen LogP contribution in [-0.2, 0) is 13.0 Å². The summed E-state index contributed by atoms with van der Waals surface area (Å²) in [7, 11) is 0. The number of benzene rings is 1. The van der Waals surface area contributed by atoms with Gasteiger partial charge >= 0.3 is 0 Å². The lowest BCUT2D eigenvalue weighted by molar-refractivity contribution is 1.01. The maximum absolute atomic E-state index is 6.08. The topological polar surface area (TPSA) is 24.9 Å². The number of hydrogen-bond donors (Lipinski definition) is 1. The van der Waals surface area contributed by atoms with E-state index < -0.39 is 0 Å². The second-order valence-electron chi connectivity index (χ2n) is 3.54. The van der Waals surface area contributed by atoms with Crippen molar-refractivity contribution in [1.82, 2.24) is 4.98 Å². The second kappa shape index (κ2) is 5.71. The third kappa shape index (κ3) is 3.12. The molecule has 0 aliphatic carbocycles. The third-order valence-corrected chi connectivity index (χ3v) is 4.17. The molecule has 1 aromatic carbocycles. The van der Waals surface area contributed by atoms with Gasteiger partial charge in [0.2, 0.25) is 0 Å². The van der Waals surface area contributed by atoms with Gasteiger partial charge in [-0.15, -0.1) is 11.3 Å². The van der Waals surface area contributed by atoms with E-state index in [1.165, 1.54) is 0 Å². The molecule has 0 bridgehead atoms. The second-order valence-corrected chi connectivity index (χ2v) is 5.27. The summed E-state index contributed by atoms with van der Waals surface area (Å²) in [6.45, 7) is 2.76. The maximum Gasteiger partial charge on any atom is 0.0926 e. The fourth-order valence-electron chi connectivity index (χ4n) is 1.42. The van der Waals surface area contributed by atoms with E-state index in [1.54, 1.807) is 17.4 Å². The van der Waals surface area contributed by atoms with Crippen molar-refractivity contribution in [3.05, 3.63) is 44.3 Å². The van der Waals surface area contributed by atoms with E-state index in [-0.39, 0.29) is 0 Å². The zero-order chi connectivity index (χ0) is 12.3. The van der Waals surface area contributed by atoms with Crippen molar-refractivity contribution in [3.63, 3.8) is 0 Å². The molecule has 2 rings (SSSR count). The standard InChI is InChI=1S/C12H12Cl2N2S/c1-2-11-16-8(7-17-11)6-15-10-5-3-4-9(13)12(10)14/h3-5,7,15H,2,6H2,1H3. The predicted molar refractivity (Wildman–Crippen MR) is 75.3 cm³/mol. The van der Waals surface area contributed by atoms with Crippen LogP contribution in [-0.4, -0.2) is 4.98 Å². The molecule has 0 aliphatic rings. The average molecular weight is 287 g/mol. The Morgan fingerprint density at radius 3 is 2.88 bits per heavy atom. The summed E-state index contributed by atoms with van der Waals surface area (Å²) in [6.07, 6.45) is 0.975. The molecule has 0 fully saturated rings. The van der Waals surface area contributed by atoms with Crippen molar-refractivity contribution < 1.29 is 0 Å². The summed E-state index contributed by atoms with van der Waals surface area (Å²) < 4.78 is 0. The first kappa shape index (κ1) is 12.7. The first-order valence-electron chi connectivity index (χ1n) is 5.32. The molecule has 2 aromatic rings. The van der Waals surface area contributed by atoms with Crippen molar-refractivity contribution in [2.24, 2.45) is 0 Å². The van der Waals surface area contributed by atoms with Crippen molar-refractivity contribution in [3.8, 4) is 0 Å². The smallest absolute Gasteiger partial charge is 0.0926 e. The van der Waals surface area contributed by atoms with Crippen molar-refractivity contribution in [1.29, 1.82) is 0 Å². The van der Waals surface area contributed by atoms with Gasteiger partial charge in [-0.25, -0.2) is 4.98 Å². The summed E-state index contributed by atoms with van der Waals surface area (Å²) >= 11 is 13.7. The van der Waals surface area contributed by atoms with E-state index in [1.807, 2.05) is 12.1 Å². The monoisotopic (exact) mass is 286 g/mol. The van der Waals surface area contributed by atoms with E-state index in [0.29, 0.717) is 16.6 Å². The number of halogens is 2. The first-order chi connectivity index (χ1) is 8.20. The number of nitrogens with one attached hydrogen (secondary N) is 1. The van der Waals surface area contributed by atoms with Crippen LogP contribution in [0.1, 0.15) is 17.6 Å². The number of hydrogen-bond acceptors (Lipinski definition) is 3. The number of rotatable bonds is 4. The van der Waals surface area contributed by atoms with Crippen LogP contribution in [0.3, 0.4) is 0 Å². The van der Waals surface area contributed by atoms with Gasteiger partial charge in [0.1, 0.15) is 0 Å². The van der Waals surface area contributed by atoms with Gasteiger partial charge in [-0.1, -0.05) is 36.2 Å². The molecule has 0 radical (unpaired) electrons. The molecular formula is C12H12Cl2N2S. The van der Waals surface area contributed by atoms with E-state index in [9.17, 15) is 0 Å². The van der Waals surface area contributed by atoms with Crippen LogP contribution < -0.4 is 5.32 Å². The minimum atomic E-state index is 0.556. The minimum Gasteiger partial charge on any atom is -0.378 e. The Bertz CT molecular complexity index is 511. The van der Waals surface area contributed by atoms with Gasteiger partial charge in [0, 0.05) is 5.38 Å². The van der Waals surface area contributed by atoms with Crippen LogP contribution in [0, 0.1) is 0 Å². The zero-order valence-corrected chi connectivity index (χ0v) is 11.7. The van der Waals surface area contributed by atoms with Crippen molar-refractivity contribution >= 4 is 40.2 Å². The minimum absolute atomic E-state index is 0.556. The Balaban J connectivity index is 2.04. The lowest BCUT2D eigenvalue weighted by Crippen LogP contribution is -2.00. The van der Waals surface area contributed by atoms with Crippen LogP contribution in [0.2, 0.25) is 10.0 Å². The number of aryl methyl sites for hydroxylation is 1. The lowest BCUT2D eigenvalue weighted by Gasteiger charge is -2.07. The largest absolute Gasteiger partial charge is 0.378 e. The molecule has 0 atom stereocenters. The van der Waals surface area contributed by atoms with Crippen LogP contribution in [0.4, 0.5) is 5.69 Å². The number of thiazole rings is 1. The highest BCUT2D eigenvalue weighted by Crippen LogP contribution is 2.29. The maximum atomic E-state index is 6.08. The van der Waals surface area contributed by atoms with E-state index in [2.05, 4.69) is 22.6 Å². The third-order valence-electron chi connectivity index (χ3n) is 2.31. The van der Waals surface area contributed by atoms with E-state index >= 15 is 0 Å². The molecular weight excluding hydrogens is 275 g/mol. The van der Waals surface area contributed by atoms with Gasteiger partial charge in [-0.05, 0) is 18.6 Å². The molecule has 2 nitrogen and oxygen atoms in total. The normalized spacial score (nSPS) is 10.5. The predicted octanol–water partition coefficient (Wildman–Crippen LogP) is 4.62. The van der Waals surface area contributed by atoms with E-state index in [0.717, 1.165) is 22.8 Å². The van der Waals surface area contributed by atoms with Gasteiger partial charge < -0.3 is 5.32 Å². The quantitative estimate of drug-likeness (QED) is 0.887.